The molecule has 1 aromatic carbocycles. The first-order valence-corrected chi connectivity index (χ1v) is 8.47. The fraction of sp³-hybridized carbons (Fsp3) is 0.611. The molecule has 1 unspecified atom stereocenters. The summed E-state index contributed by atoms with van der Waals surface area (Å²) in [4.78, 5) is 4.87. The number of hydrogen-bond acceptors (Lipinski definition) is 4. The third-order valence-electron chi connectivity index (χ3n) is 4.64. The van der Waals surface area contributed by atoms with Gasteiger partial charge in [-0.2, -0.15) is 0 Å². The zero-order valence-corrected chi connectivity index (χ0v) is 14.6. The number of rotatable bonds is 5. The van der Waals surface area contributed by atoms with E-state index < -0.39 is 0 Å². The van der Waals surface area contributed by atoms with Gasteiger partial charge in [0, 0.05) is 24.6 Å². The number of aromatic nitrogens is 2. The van der Waals surface area contributed by atoms with Crippen LogP contribution in [0, 0.1) is 5.92 Å². The normalized spacial score (nSPS) is 18.6. The standard InChI is InChI=1S/C18H27N3O2/c1-12(2)18-20-14-8-16(22-3)17(23-4)9-15(14)21(18)11-13-6-5-7-19-10-13/h8-9,12-13,19H,5-7,10-11H2,1-4H3. The van der Waals surface area contributed by atoms with Crippen molar-refractivity contribution in [3.8, 4) is 11.5 Å². The number of hydrogen-bond donors (Lipinski definition) is 1. The molecule has 0 spiro atoms. The lowest BCUT2D eigenvalue weighted by molar-refractivity contribution is 0.335. The van der Waals surface area contributed by atoms with Gasteiger partial charge in [-0.05, 0) is 31.8 Å². The van der Waals surface area contributed by atoms with Crippen LogP contribution < -0.4 is 14.8 Å². The minimum absolute atomic E-state index is 0.385. The molecule has 0 saturated carbocycles. The molecule has 0 aliphatic carbocycles. The van der Waals surface area contributed by atoms with E-state index in [4.69, 9.17) is 14.5 Å². The molecule has 126 valence electrons. The van der Waals surface area contributed by atoms with Crippen molar-refractivity contribution in [3.63, 3.8) is 0 Å². The van der Waals surface area contributed by atoms with Gasteiger partial charge < -0.3 is 19.4 Å². The zero-order chi connectivity index (χ0) is 16.4. The summed E-state index contributed by atoms with van der Waals surface area (Å²) < 4.78 is 13.3. The van der Waals surface area contributed by atoms with Crippen LogP contribution in [-0.4, -0.2) is 36.9 Å². The maximum Gasteiger partial charge on any atom is 0.163 e. The molecule has 0 amide bonds. The summed E-state index contributed by atoms with van der Waals surface area (Å²) in [7, 11) is 3.34. The molecule has 1 aliphatic heterocycles. The number of imidazole rings is 1. The summed E-state index contributed by atoms with van der Waals surface area (Å²) in [5.74, 6) is 3.68. The average Bonchev–Trinajstić information content (AvgIpc) is 2.92. The van der Waals surface area contributed by atoms with E-state index in [0.717, 1.165) is 48.0 Å². The highest BCUT2D eigenvalue weighted by Gasteiger charge is 2.21. The third kappa shape index (κ3) is 3.15. The van der Waals surface area contributed by atoms with Crippen molar-refractivity contribution < 1.29 is 9.47 Å². The maximum atomic E-state index is 5.48. The van der Waals surface area contributed by atoms with Crippen LogP contribution in [-0.2, 0) is 6.54 Å². The molecular formula is C18H27N3O2. The van der Waals surface area contributed by atoms with Gasteiger partial charge in [-0.1, -0.05) is 13.8 Å². The van der Waals surface area contributed by atoms with Crippen molar-refractivity contribution in [1.82, 2.24) is 14.9 Å². The second kappa shape index (κ2) is 6.79. The summed E-state index contributed by atoms with van der Waals surface area (Å²) in [5.41, 5.74) is 2.12. The summed E-state index contributed by atoms with van der Waals surface area (Å²) in [6.45, 7) is 7.64. The van der Waals surface area contributed by atoms with Crippen molar-refractivity contribution in [2.75, 3.05) is 27.3 Å². The van der Waals surface area contributed by atoms with Gasteiger partial charge in [0.25, 0.3) is 0 Å². The molecule has 3 rings (SSSR count). The van der Waals surface area contributed by atoms with E-state index in [1.54, 1.807) is 14.2 Å². The van der Waals surface area contributed by atoms with Gasteiger partial charge in [0.05, 0.1) is 25.3 Å². The van der Waals surface area contributed by atoms with Crippen molar-refractivity contribution >= 4 is 11.0 Å². The molecule has 1 atom stereocenters. The molecule has 23 heavy (non-hydrogen) atoms. The predicted octanol–water partition coefficient (Wildman–Crippen LogP) is 3.18. The highest BCUT2D eigenvalue weighted by molar-refractivity contribution is 5.80. The monoisotopic (exact) mass is 317 g/mol. The van der Waals surface area contributed by atoms with Gasteiger partial charge in [0.2, 0.25) is 0 Å². The lowest BCUT2D eigenvalue weighted by Gasteiger charge is -2.24. The lowest BCUT2D eigenvalue weighted by Crippen LogP contribution is -2.32. The molecular weight excluding hydrogens is 290 g/mol. The van der Waals surface area contributed by atoms with E-state index in [2.05, 4.69) is 29.8 Å². The number of fused-ring (bicyclic) bond motifs is 1. The van der Waals surface area contributed by atoms with Crippen LogP contribution in [0.1, 0.15) is 38.4 Å². The van der Waals surface area contributed by atoms with E-state index in [9.17, 15) is 0 Å². The zero-order valence-electron chi connectivity index (χ0n) is 14.6. The summed E-state index contributed by atoms with van der Waals surface area (Å²) in [5, 5.41) is 3.51. The molecule has 1 fully saturated rings. The summed E-state index contributed by atoms with van der Waals surface area (Å²) in [6, 6.07) is 4.04. The first-order chi connectivity index (χ1) is 11.1. The molecule has 1 aliphatic rings. The van der Waals surface area contributed by atoms with Crippen LogP contribution in [0.4, 0.5) is 0 Å². The Kier molecular flexibility index (Phi) is 4.76. The number of ether oxygens (including phenoxy) is 2. The van der Waals surface area contributed by atoms with Crippen LogP contribution in [0.3, 0.4) is 0 Å². The molecule has 1 N–H and O–H groups in total. The maximum absolute atomic E-state index is 5.48. The molecule has 2 heterocycles. The first kappa shape index (κ1) is 16.1. The molecule has 5 nitrogen and oxygen atoms in total. The van der Waals surface area contributed by atoms with Crippen molar-refractivity contribution in [2.24, 2.45) is 5.92 Å². The van der Waals surface area contributed by atoms with E-state index in [1.165, 1.54) is 12.8 Å². The SMILES string of the molecule is COc1cc2nc(C(C)C)n(CC3CCCNC3)c2cc1OC. The number of benzene rings is 1. The Hall–Kier alpha value is -1.75. The highest BCUT2D eigenvalue weighted by atomic mass is 16.5. The Labute approximate surface area is 138 Å². The molecule has 0 radical (unpaired) electrons. The van der Waals surface area contributed by atoms with Gasteiger partial charge in [0.1, 0.15) is 5.82 Å². The van der Waals surface area contributed by atoms with Crippen LogP contribution in [0.15, 0.2) is 12.1 Å². The fourth-order valence-corrected chi connectivity index (χ4v) is 3.44. The fourth-order valence-electron chi connectivity index (χ4n) is 3.44. The molecule has 1 aromatic heterocycles. The van der Waals surface area contributed by atoms with Crippen LogP contribution in [0.25, 0.3) is 11.0 Å². The van der Waals surface area contributed by atoms with Crippen molar-refractivity contribution in [2.45, 2.75) is 39.2 Å². The van der Waals surface area contributed by atoms with Crippen LogP contribution >= 0.6 is 0 Å². The lowest BCUT2D eigenvalue weighted by atomic mass is 9.99. The quantitative estimate of drug-likeness (QED) is 0.920. The number of nitrogens with zero attached hydrogens (tertiary/aromatic N) is 2. The van der Waals surface area contributed by atoms with Crippen molar-refractivity contribution in [3.05, 3.63) is 18.0 Å². The second-order valence-corrected chi connectivity index (χ2v) is 6.64. The van der Waals surface area contributed by atoms with E-state index >= 15 is 0 Å². The molecule has 1 saturated heterocycles. The van der Waals surface area contributed by atoms with E-state index in [0.29, 0.717) is 11.8 Å². The predicted molar refractivity (Wildman–Crippen MR) is 92.5 cm³/mol. The molecule has 5 heteroatoms. The Bertz CT molecular complexity index is 672. The Morgan fingerprint density at radius 2 is 2.00 bits per heavy atom. The average molecular weight is 317 g/mol. The number of nitrogens with one attached hydrogen (secondary N) is 1. The van der Waals surface area contributed by atoms with Gasteiger partial charge in [-0.25, -0.2) is 4.98 Å². The van der Waals surface area contributed by atoms with Gasteiger partial charge in [-0.3, -0.25) is 0 Å². The Balaban J connectivity index is 2.06. The second-order valence-electron chi connectivity index (χ2n) is 6.64. The molecule has 2 aromatic rings. The number of methoxy groups -OCH3 is 2. The Morgan fingerprint density at radius 3 is 2.61 bits per heavy atom. The highest BCUT2D eigenvalue weighted by Crippen LogP contribution is 2.34. The third-order valence-corrected chi connectivity index (χ3v) is 4.64. The van der Waals surface area contributed by atoms with Gasteiger partial charge in [-0.15, -0.1) is 0 Å². The topological polar surface area (TPSA) is 48.3 Å². The minimum Gasteiger partial charge on any atom is -0.493 e. The van der Waals surface area contributed by atoms with Crippen LogP contribution in [0.2, 0.25) is 0 Å². The Morgan fingerprint density at radius 1 is 1.26 bits per heavy atom. The largest absolute Gasteiger partial charge is 0.493 e. The van der Waals surface area contributed by atoms with Crippen molar-refractivity contribution in [1.29, 1.82) is 0 Å². The first-order valence-electron chi connectivity index (χ1n) is 8.47. The number of piperidine rings is 1. The van der Waals surface area contributed by atoms with E-state index in [-0.39, 0.29) is 0 Å². The smallest absolute Gasteiger partial charge is 0.163 e. The van der Waals surface area contributed by atoms with Gasteiger partial charge in [0.15, 0.2) is 11.5 Å². The van der Waals surface area contributed by atoms with Gasteiger partial charge >= 0.3 is 0 Å². The summed E-state index contributed by atoms with van der Waals surface area (Å²) in [6.07, 6.45) is 2.53. The van der Waals surface area contributed by atoms with E-state index in [1.807, 2.05) is 6.07 Å². The molecule has 0 bridgehead atoms. The van der Waals surface area contributed by atoms with Crippen LogP contribution in [0.5, 0.6) is 11.5 Å². The minimum atomic E-state index is 0.385. The summed E-state index contributed by atoms with van der Waals surface area (Å²) >= 11 is 0.